The van der Waals surface area contributed by atoms with Gasteiger partial charge in [-0.3, -0.25) is 0 Å². The lowest BCUT2D eigenvalue weighted by atomic mass is 9.71. The average Bonchev–Trinajstić information content (AvgIpc) is 2.12. The fraction of sp³-hybridized carbons (Fsp3) is 0.231. The van der Waals surface area contributed by atoms with Gasteiger partial charge in [-0.2, -0.15) is 0 Å². The molecule has 0 aromatic heterocycles. The lowest BCUT2D eigenvalue weighted by Crippen LogP contribution is -2.52. The van der Waals surface area contributed by atoms with Crippen molar-refractivity contribution in [1.29, 1.82) is 0 Å². The van der Waals surface area contributed by atoms with Crippen molar-refractivity contribution in [2.24, 2.45) is 11.5 Å². The SMILES string of the molecule is C.NC1(N)CC=CC2=C1c1ccccc12. The van der Waals surface area contributed by atoms with Crippen molar-refractivity contribution < 1.29 is 0 Å². The average molecular weight is 200 g/mol. The molecule has 2 aliphatic carbocycles. The molecule has 0 saturated carbocycles. The van der Waals surface area contributed by atoms with Crippen LogP contribution in [0.4, 0.5) is 0 Å². The first-order valence-corrected chi connectivity index (χ1v) is 4.79. The first-order valence-electron chi connectivity index (χ1n) is 4.79. The van der Waals surface area contributed by atoms with Crippen molar-refractivity contribution in [3.05, 3.63) is 47.5 Å². The van der Waals surface area contributed by atoms with Crippen LogP contribution in [-0.4, -0.2) is 5.66 Å². The maximum Gasteiger partial charge on any atom is 0.0946 e. The Morgan fingerprint density at radius 3 is 2.47 bits per heavy atom. The summed E-state index contributed by atoms with van der Waals surface area (Å²) < 4.78 is 0. The van der Waals surface area contributed by atoms with Crippen LogP contribution in [0.15, 0.2) is 36.4 Å². The predicted octanol–water partition coefficient (Wildman–Crippen LogP) is 2.12. The first-order chi connectivity index (χ1) is 6.70. The molecular formula is C13H16N2. The first kappa shape index (κ1) is 10.1. The molecule has 15 heavy (non-hydrogen) atoms. The third-order valence-electron chi connectivity index (χ3n) is 2.96. The van der Waals surface area contributed by atoms with Gasteiger partial charge in [-0.05, 0) is 16.7 Å². The van der Waals surface area contributed by atoms with E-state index >= 15 is 0 Å². The zero-order chi connectivity index (χ0) is 9.76. The molecule has 2 nitrogen and oxygen atoms in total. The van der Waals surface area contributed by atoms with Gasteiger partial charge in [-0.25, -0.2) is 0 Å². The lowest BCUT2D eigenvalue weighted by Gasteiger charge is -2.39. The molecule has 2 heteroatoms. The molecule has 0 fully saturated rings. The van der Waals surface area contributed by atoms with Gasteiger partial charge in [-0.1, -0.05) is 43.8 Å². The van der Waals surface area contributed by atoms with E-state index in [0.717, 1.165) is 12.0 Å². The minimum absolute atomic E-state index is 0. The van der Waals surface area contributed by atoms with Crippen LogP contribution >= 0.6 is 0 Å². The summed E-state index contributed by atoms with van der Waals surface area (Å²) in [5.74, 6) is 0. The summed E-state index contributed by atoms with van der Waals surface area (Å²) in [5.41, 5.74) is 16.3. The summed E-state index contributed by atoms with van der Waals surface area (Å²) >= 11 is 0. The Kier molecular flexibility index (Phi) is 2.07. The smallest absolute Gasteiger partial charge is 0.0946 e. The van der Waals surface area contributed by atoms with Gasteiger partial charge in [0.1, 0.15) is 0 Å². The largest absolute Gasteiger partial charge is 0.309 e. The van der Waals surface area contributed by atoms with Crippen LogP contribution in [0.1, 0.15) is 25.0 Å². The Labute approximate surface area is 90.3 Å². The molecule has 0 aliphatic heterocycles. The summed E-state index contributed by atoms with van der Waals surface area (Å²) in [4.78, 5) is 0. The van der Waals surface area contributed by atoms with Gasteiger partial charge in [-0.15, -0.1) is 0 Å². The zero-order valence-electron chi connectivity index (χ0n) is 7.83. The molecule has 0 spiro atoms. The molecule has 0 unspecified atom stereocenters. The minimum atomic E-state index is -0.668. The normalized spacial score (nSPS) is 19.9. The van der Waals surface area contributed by atoms with E-state index in [4.69, 9.17) is 11.5 Å². The van der Waals surface area contributed by atoms with E-state index in [-0.39, 0.29) is 7.43 Å². The second kappa shape index (κ2) is 3.05. The monoisotopic (exact) mass is 200 g/mol. The number of fused-ring (bicyclic) bond motifs is 3. The van der Waals surface area contributed by atoms with Crippen LogP contribution in [-0.2, 0) is 0 Å². The lowest BCUT2D eigenvalue weighted by molar-refractivity contribution is 0.575. The molecular weight excluding hydrogens is 184 g/mol. The van der Waals surface area contributed by atoms with Crippen molar-refractivity contribution in [2.45, 2.75) is 19.5 Å². The maximum absolute atomic E-state index is 6.05. The number of benzene rings is 1. The predicted molar refractivity (Wildman–Crippen MR) is 64.8 cm³/mol. The summed E-state index contributed by atoms with van der Waals surface area (Å²) in [7, 11) is 0. The van der Waals surface area contributed by atoms with Crippen LogP contribution in [0.3, 0.4) is 0 Å². The van der Waals surface area contributed by atoms with Gasteiger partial charge in [0.05, 0.1) is 5.66 Å². The van der Waals surface area contributed by atoms with E-state index in [1.165, 1.54) is 16.7 Å². The number of rotatable bonds is 0. The van der Waals surface area contributed by atoms with E-state index in [0.29, 0.717) is 0 Å². The second-order valence-corrected chi connectivity index (χ2v) is 3.98. The third-order valence-corrected chi connectivity index (χ3v) is 2.96. The van der Waals surface area contributed by atoms with Crippen LogP contribution in [0, 0.1) is 0 Å². The number of nitrogens with two attached hydrogens (primary N) is 2. The fourth-order valence-corrected chi connectivity index (χ4v) is 2.30. The van der Waals surface area contributed by atoms with Gasteiger partial charge in [0, 0.05) is 12.0 Å². The summed E-state index contributed by atoms with van der Waals surface area (Å²) in [6.45, 7) is 0. The highest BCUT2D eigenvalue weighted by molar-refractivity contribution is 6.11. The molecule has 2 aliphatic rings. The van der Waals surface area contributed by atoms with Crippen molar-refractivity contribution in [2.75, 3.05) is 0 Å². The number of hydrogen-bond donors (Lipinski definition) is 2. The van der Waals surface area contributed by atoms with Crippen molar-refractivity contribution >= 4 is 11.1 Å². The van der Waals surface area contributed by atoms with Gasteiger partial charge in [0.15, 0.2) is 0 Å². The van der Waals surface area contributed by atoms with Gasteiger partial charge >= 0.3 is 0 Å². The van der Waals surface area contributed by atoms with Gasteiger partial charge in [0.25, 0.3) is 0 Å². The Morgan fingerprint density at radius 1 is 1.07 bits per heavy atom. The molecule has 78 valence electrons. The zero-order valence-corrected chi connectivity index (χ0v) is 7.83. The Bertz CT molecular complexity index is 467. The molecule has 0 heterocycles. The molecule has 0 amide bonds. The number of hydrogen-bond acceptors (Lipinski definition) is 2. The number of allylic oxidation sites excluding steroid dienone is 2. The third kappa shape index (κ3) is 1.19. The molecule has 0 radical (unpaired) electrons. The summed E-state index contributed by atoms with van der Waals surface area (Å²) in [5, 5.41) is 0. The molecule has 1 aromatic rings. The molecule has 4 N–H and O–H groups in total. The maximum atomic E-state index is 6.05. The van der Waals surface area contributed by atoms with Crippen molar-refractivity contribution in [3.63, 3.8) is 0 Å². The van der Waals surface area contributed by atoms with Gasteiger partial charge < -0.3 is 11.5 Å². The highest BCUT2D eigenvalue weighted by Gasteiger charge is 2.37. The highest BCUT2D eigenvalue weighted by atomic mass is 15.0. The molecule has 1 aromatic carbocycles. The topological polar surface area (TPSA) is 52.0 Å². The molecule has 0 bridgehead atoms. The van der Waals surface area contributed by atoms with Crippen molar-refractivity contribution in [1.82, 2.24) is 0 Å². The van der Waals surface area contributed by atoms with E-state index in [2.05, 4.69) is 24.3 Å². The van der Waals surface area contributed by atoms with Crippen LogP contribution < -0.4 is 11.5 Å². The summed E-state index contributed by atoms with van der Waals surface area (Å²) in [6.07, 6.45) is 4.89. The quantitative estimate of drug-likeness (QED) is 0.630. The summed E-state index contributed by atoms with van der Waals surface area (Å²) in [6, 6.07) is 8.26. The Hall–Kier alpha value is -1.38. The second-order valence-electron chi connectivity index (χ2n) is 3.98. The van der Waals surface area contributed by atoms with E-state index < -0.39 is 5.66 Å². The standard InChI is InChI=1S/C12H12N2.CH4/c13-12(14)7-3-6-10-8-4-1-2-5-9(8)11(10)12;/h1-6H,7,13-14H2;1H4. The van der Waals surface area contributed by atoms with E-state index in [1.807, 2.05) is 12.1 Å². The molecule has 0 saturated heterocycles. The van der Waals surface area contributed by atoms with Crippen LogP contribution in [0.5, 0.6) is 0 Å². The fourth-order valence-electron chi connectivity index (χ4n) is 2.30. The minimum Gasteiger partial charge on any atom is -0.309 e. The highest BCUT2D eigenvalue weighted by Crippen LogP contribution is 2.47. The Balaban J connectivity index is 0.000000853. The molecule has 0 atom stereocenters. The van der Waals surface area contributed by atoms with Crippen molar-refractivity contribution in [3.8, 4) is 0 Å². The van der Waals surface area contributed by atoms with Crippen LogP contribution in [0.2, 0.25) is 0 Å². The van der Waals surface area contributed by atoms with E-state index in [9.17, 15) is 0 Å². The molecule has 3 rings (SSSR count). The van der Waals surface area contributed by atoms with E-state index in [1.54, 1.807) is 0 Å². The van der Waals surface area contributed by atoms with Gasteiger partial charge in [0.2, 0.25) is 0 Å². The Morgan fingerprint density at radius 2 is 1.73 bits per heavy atom. The van der Waals surface area contributed by atoms with Crippen LogP contribution in [0.25, 0.3) is 11.1 Å².